The average molecular weight is 321 g/mol. The van der Waals surface area contributed by atoms with Crippen molar-refractivity contribution in [2.75, 3.05) is 0 Å². The van der Waals surface area contributed by atoms with Gasteiger partial charge in [0.05, 0.1) is 11.7 Å². The van der Waals surface area contributed by atoms with Crippen molar-refractivity contribution in [2.24, 2.45) is 34.5 Å². The van der Waals surface area contributed by atoms with Gasteiger partial charge in [0.15, 0.2) is 0 Å². The van der Waals surface area contributed by atoms with Gasteiger partial charge in [-0.2, -0.15) is 0 Å². The molecule has 0 bridgehead atoms. The van der Waals surface area contributed by atoms with Crippen molar-refractivity contribution < 1.29 is 10.2 Å². The van der Waals surface area contributed by atoms with Crippen molar-refractivity contribution in [1.82, 2.24) is 0 Å². The summed E-state index contributed by atoms with van der Waals surface area (Å²) in [6, 6.07) is 0. The highest BCUT2D eigenvalue weighted by Gasteiger charge is 2.66. The maximum atomic E-state index is 11.2. The fourth-order valence-electron chi connectivity index (χ4n) is 8.10. The van der Waals surface area contributed by atoms with Crippen LogP contribution in [-0.4, -0.2) is 21.9 Å². The first-order chi connectivity index (χ1) is 10.9. The minimum Gasteiger partial charge on any atom is -0.393 e. The van der Waals surface area contributed by atoms with Gasteiger partial charge in [-0.25, -0.2) is 0 Å². The molecule has 0 amide bonds. The Hall–Kier alpha value is -0.0800. The minimum absolute atomic E-state index is 0.0692. The molecular formula is C21H36O2. The lowest BCUT2D eigenvalue weighted by molar-refractivity contribution is -0.196. The second-order valence-electron chi connectivity index (χ2n) is 9.93. The van der Waals surface area contributed by atoms with E-state index in [-0.39, 0.29) is 11.5 Å². The van der Waals surface area contributed by atoms with Gasteiger partial charge in [-0.1, -0.05) is 33.6 Å². The van der Waals surface area contributed by atoms with Crippen LogP contribution in [0.15, 0.2) is 0 Å². The van der Waals surface area contributed by atoms with Crippen molar-refractivity contribution in [3.05, 3.63) is 0 Å². The van der Waals surface area contributed by atoms with E-state index in [1.807, 2.05) is 0 Å². The number of aliphatic hydroxyl groups excluding tert-OH is 1. The fraction of sp³-hybridized carbons (Fsp3) is 1.00. The van der Waals surface area contributed by atoms with Gasteiger partial charge in [-0.15, -0.1) is 0 Å². The molecule has 0 aromatic heterocycles. The lowest BCUT2D eigenvalue weighted by atomic mass is 9.43. The molecule has 8 atom stereocenters. The van der Waals surface area contributed by atoms with Gasteiger partial charge in [0.1, 0.15) is 0 Å². The van der Waals surface area contributed by atoms with E-state index >= 15 is 0 Å². The van der Waals surface area contributed by atoms with Gasteiger partial charge in [-0.3, -0.25) is 0 Å². The van der Waals surface area contributed by atoms with Crippen molar-refractivity contribution in [3.63, 3.8) is 0 Å². The van der Waals surface area contributed by atoms with Crippen LogP contribution in [0.5, 0.6) is 0 Å². The van der Waals surface area contributed by atoms with Crippen molar-refractivity contribution >= 4 is 0 Å². The van der Waals surface area contributed by atoms with Crippen LogP contribution in [-0.2, 0) is 0 Å². The van der Waals surface area contributed by atoms with E-state index in [0.717, 1.165) is 25.2 Å². The van der Waals surface area contributed by atoms with Crippen molar-refractivity contribution in [1.29, 1.82) is 0 Å². The summed E-state index contributed by atoms with van der Waals surface area (Å²) in [5, 5.41) is 22.5. The van der Waals surface area contributed by atoms with Gasteiger partial charge in [0.2, 0.25) is 0 Å². The van der Waals surface area contributed by atoms with E-state index in [0.29, 0.717) is 23.2 Å². The zero-order valence-electron chi connectivity index (χ0n) is 15.4. The zero-order chi connectivity index (χ0) is 16.5. The maximum Gasteiger partial charge on any atom is 0.0702 e. The van der Waals surface area contributed by atoms with Gasteiger partial charge < -0.3 is 10.2 Å². The molecule has 132 valence electrons. The van der Waals surface area contributed by atoms with Crippen molar-refractivity contribution in [2.45, 2.75) is 96.7 Å². The molecule has 0 aliphatic heterocycles. The first-order valence-electron chi connectivity index (χ1n) is 10.3. The third kappa shape index (κ3) is 2.00. The lowest BCUT2D eigenvalue weighted by Crippen LogP contribution is -2.60. The molecule has 0 heterocycles. The summed E-state index contributed by atoms with van der Waals surface area (Å²) in [4.78, 5) is 0. The van der Waals surface area contributed by atoms with Crippen LogP contribution >= 0.6 is 0 Å². The summed E-state index contributed by atoms with van der Waals surface area (Å²) >= 11 is 0. The monoisotopic (exact) mass is 320 g/mol. The Balaban J connectivity index is 1.70. The minimum atomic E-state index is -0.548. The molecule has 0 aromatic carbocycles. The van der Waals surface area contributed by atoms with E-state index in [2.05, 4.69) is 20.8 Å². The van der Waals surface area contributed by atoms with Crippen LogP contribution < -0.4 is 0 Å². The molecule has 2 heteroatoms. The largest absolute Gasteiger partial charge is 0.393 e. The molecular weight excluding hydrogens is 284 g/mol. The summed E-state index contributed by atoms with van der Waals surface area (Å²) in [7, 11) is 0. The molecule has 4 fully saturated rings. The third-order valence-corrected chi connectivity index (χ3v) is 9.42. The molecule has 0 spiro atoms. The standard InChI is InChI=1S/C21H36O2/c1-4-21(23)12-10-16-15-9-8-14-7-5-6-11-19(14,2)18(15)17(22)13-20(16,21)3/h14-18,22-23H,4-13H2,1-3H3/t14?,15-,16-,17+,18+,19-,20-,21+/m0/s1. The average Bonchev–Trinajstić information content (AvgIpc) is 2.78. The highest BCUT2D eigenvalue weighted by molar-refractivity contribution is 5.15. The molecule has 0 radical (unpaired) electrons. The molecule has 4 saturated carbocycles. The van der Waals surface area contributed by atoms with Gasteiger partial charge >= 0.3 is 0 Å². The molecule has 4 aliphatic rings. The molecule has 23 heavy (non-hydrogen) atoms. The number of aliphatic hydroxyl groups is 2. The number of rotatable bonds is 1. The zero-order valence-corrected chi connectivity index (χ0v) is 15.4. The van der Waals surface area contributed by atoms with Crippen LogP contribution in [0.2, 0.25) is 0 Å². The maximum absolute atomic E-state index is 11.2. The van der Waals surface area contributed by atoms with Crippen LogP contribution in [0.25, 0.3) is 0 Å². The molecule has 1 unspecified atom stereocenters. The third-order valence-electron chi connectivity index (χ3n) is 9.42. The Labute approximate surface area is 142 Å². The first-order valence-corrected chi connectivity index (χ1v) is 10.3. The van der Waals surface area contributed by atoms with E-state index < -0.39 is 5.60 Å². The molecule has 4 rings (SSSR count). The Morgan fingerprint density at radius 3 is 2.52 bits per heavy atom. The number of hydrogen-bond donors (Lipinski definition) is 2. The Morgan fingerprint density at radius 2 is 1.78 bits per heavy atom. The SMILES string of the molecule is CC[C@@]1(O)CC[C@H]2[C@@H]3CCC4CCCC[C@]4(C)[C@H]3[C@H](O)C[C@@]21C. The van der Waals surface area contributed by atoms with E-state index in [9.17, 15) is 10.2 Å². The lowest BCUT2D eigenvalue weighted by Gasteiger charge is -2.62. The number of fused-ring (bicyclic) bond motifs is 5. The molecule has 2 nitrogen and oxygen atoms in total. The highest BCUT2D eigenvalue weighted by atomic mass is 16.3. The van der Waals surface area contributed by atoms with Gasteiger partial charge in [-0.05, 0) is 80.5 Å². The van der Waals surface area contributed by atoms with E-state index in [1.54, 1.807) is 0 Å². The van der Waals surface area contributed by atoms with Crippen molar-refractivity contribution in [3.8, 4) is 0 Å². The highest BCUT2D eigenvalue weighted by Crippen LogP contribution is 2.68. The summed E-state index contributed by atoms with van der Waals surface area (Å²) < 4.78 is 0. The normalized spacial score (nSPS) is 59.1. The summed E-state index contributed by atoms with van der Waals surface area (Å²) in [6.45, 7) is 6.93. The fourth-order valence-corrected chi connectivity index (χ4v) is 8.10. The number of hydrogen-bond acceptors (Lipinski definition) is 2. The van der Waals surface area contributed by atoms with Crippen LogP contribution in [0.1, 0.15) is 85.0 Å². The van der Waals surface area contributed by atoms with Crippen LogP contribution in [0.3, 0.4) is 0 Å². The molecule has 0 saturated heterocycles. The first kappa shape index (κ1) is 16.4. The topological polar surface area (TPSA) is 40.5 Å². The second-order valence-corrected chi connectivity index (χ2v) is 9.93. The summed E-state index contributed by atoms with van der Waals surface area (Å²) in [6.07, 6.45) is 11.7. The quantitative estimate of drug-likeness (QED) is 0.745. The predicted molar refractivity (Wildman–Crippen MR) is 93.0 cm³/mol. The van der Waals surface area contributed by atoms with Crippen LogP contribution in [0, 0.1) is 34.5 Å². The van der Waals surface area contributed by atoms with Crippen LogP contribution in [0.4, 0.5) is 0 Å². The Morgan fingerprint density at radius 1 is 1.00 bits per heavy atom. The molecule has 0 aromatic rings. The van der Waals surface area contributed by atoms with Gasteiger partial charge in [0.25, 0.3) is 0 Å². The predicted octanol–water partition coefficient (Wildman–Crippen LogP) is 4.53. The summed E-state index contributed by atoms with van der Waals surface area (Å²) in [5.41, 5.74) is -0.261. The summed E-state index contributed by atoms with van der Waals surface area (Å²) in [5.74, 6) is 2.59. The molecule has 2 N–H and O–H groups in total. The second kappa shape index (κ2) is 5.21. The smallest absolute Gasteiger partial charge is 0.0702 e. The van der Waals surface area contributed by atoms with E-state index in [1.165, 1.54) is 44.9 Å². The molecule has 4 aliphatic carbocycles. The Bertz CT molecular complexity index is 476. The van der Waals surface area contributed by atoms with Gasteiger partial charge in [0, 0.05) is 5.41 Å². The Kier molecular flexibility index (Phi) is 3.71. The van der Waals surface area contributed by atoms with E-state index in [4.69, 9.17) is 0 Å².